The van der Waals surface area contributed by atoms with Crippen molar-refractivity contribution in [2.24, 2.45) is 0 Å². The highest BCUT2D eigenvalue weighted by atomic mass is 16.5. The standard InChI is InChI=1S/C13H20N6O/c1-3-14-13-16-11-10(8-15-18-11)12(17-13)20-9-4-6-19(2)7-5-9/h8-9H,3-7H2,1-2H3,(H2,14,15,16,17,18). The number of piperidine rings is 1. The average Bonchev–Trinajstić information content (AvgIpc) is 2.90. The molecular weight excluding hydrogens is 256 g/mol. The molecule has 0 spiro atoms. The maximum Gasteiger partial charge on any atom is 0.229 e. The second-order valence-corrected chi connectivity index (χ2v) is 5.14. The molecule has 0 amide bonds. The fourth-order valence-electron chi connectivity index (χ4n) is 2.40. The second kappa shape index (κ2) is 5.62. The number of rotatable bonds is 4. The van der Waals surface area contributed by atoms with Crippen LogP contribution >= 0.6 is 0 Å². The van der Waals surface area contributed by atoms with E-state index in [0.29, 0.717) is 17.5 Å². The van der Waals surface area contributed by atoms with Gasteiger partial charge in [-0.1, -0.05) is 0 Å². The van der Waals surface area contributed by atoms with Crippen molar-refractivity contribution < 1.29 is 4.74 Å². The maximum atomic E-state index is 6.08. The molecule has 0 aliphatic carbocycles. The minimum atomic E-state index is 0.216. The van der Waals surface area contributed by atoms with Crippen molar-refractivity contribution in [3.05, 3.63) is 6.20 Å². The van der Waals surface area contributed by atoms with Crippen molar-refractivity contribution in [3.63, 3.8) is 0 Å². The first-order chi connectivity index (χ1) is 9.76. The summed E-state index contributed by atoms with van der Waals surface area (Å²) < 4.78 is 6.08. The quantitative estimate of drug-likeness (QED) is 0.875. The molecule has 0 radical (unpaired) electrons. The van der Waals surface area contributed by atoms with E-state index >= 15 is 0 Å². The van der Waals surface area contributed by atoms with Crippen LogP contribution in [0.2, 0.25) is 0 Å². The highest BCUT2D eigenvalue weighted by Crippen LogP contribution is 2.25. The van der Waals surface area contributed by atoms with E-state index in [1.807, 2.05) is 6.92 Å². The van der Waals surface area contributed by atoms with E-state index in [0.717, 1.165) is 37.9 Å². The molecular formula is C13H20N6O. The molecule has 0 atom stereocenters. The van der Waals surface area contributed by atoms with Gasteiger partial charge in [0, 0.05) is 19.6 Å². The lowest BCUT2D eigenvalue weighted by atomic mass is 10.1. The highest BCUT2D eigenvalue weighted by Gasteiger charge is 2.20. The van der Waals surface area contributed by atoms with E-state index in [2.05, 4.69) is 37.4 Å². The van der Waals surface area contributed by atoms with Crippen LogP contribution in [0.3, 0.4) is 0 Å². The van der Waals surface area contributed by atoms with Crippen LogP contribution in [0.25, 0.3) is 11.0 Å². The normalized spacial score (nSPS) is 17.5. The van der Waals surface area contributed by atoms with Crippen LogP contribution in [0, 0.1) is 0 Å². The van der Waals surface area contributed by atoms with Gasteiger partial charge in [-0.3, -0.25) is 5.10 Å². The van der Waals surface area contributed by atoms with Crippen LogP contribution in [0.1, 0.15) is 19.8 Å². The van der Waals surface area contributed by atoms with Gasteiger partial charge in [-0.15, -0.1) is 0 Å². The number of aromatic nitrogens is 4. The second-order valence-electron chi connectivity index (χ2n) is 5.14. The lowest BCUT2D eigenvalue weighted by molar-refractivity contribution is 0.111. The maximum absolute atomic E-state index is 6.08. The van der Waals surface area contributed by atoms with Crippen LogP contribution in [0.15, 0.2) is 6.20 Å². The van der Waals surface area contributed by atoms with Gasteiger partial charge >= 0.3 is 0 Å². The monoisotopic (exact) mass is 276 g/mol. The number of nitrogens with one attached hydrogen (secondary N) is 2. The van der Waals surface area contributed by atoms with Gasteiger partial charge in [-0.05, 0) is 26.8 Å². The Morgan fingerprint density at radius 1 is 1.40 bits per heavy atom. The molecule has 3 heterocycles. The third kappa shape index (κ3) is 2.67. The van der Waals surface area contributed by atoms with E-state index < -0.39 is 0 Å². The molecule has 0 unspecified atom stereocenters. The molecule has 3 rings (SSSR count). The third-order valence-electron chi connectivity index (χ3n) is 3.55. The van der Waals surface area contributed by atoms with Crippen LogP contribution in [-0.4, -0.2) is 57.9 Å². The number of nitrogens with zero attached hydrogens (tertiary/aromatic N) is 4. The molecule has 2 aromatic rings. The molecule has 0 aromatic carbocycles. The Balaban J connectivity index is 1.83. The lowest BCUT2D eigenvalue weighted by Gasteiger charge is -2.29. The number of hydrogen-bond donors (Lipinski definition) is 2. The molecule has 20 heavy (non-hydrogen) atoms. The predicted octanol–water partition coefficient (Wildman–Crippen LogP) is 1.26. The number of hydrogen-bond acceptors (Lipinski definition) is 6. The Morgan fingerprint density at radius 3 is 2.95 bits per heavy atom. The lowest BCUT2D eigenvalue weighted by Crippen LogP contribution is -2.35. The van der Waals surface area contributed by atoms with Crippen LogP contribution in [0.4, 0.5) is 5.95 Å². The van der Waals surface area contributed by atoms with Gasteiger partial charge in [0.2, 0.25) is 11.8 Å². The molecule has 1 aliphatic heterocycles. The fraction of sp³-hybridized carbons (Fsp3) is 0.615. The number of likely N-dealkylation sites (tertiary alicyclic amines) is 1. The summed E-state index contributed by atoms with van der Waals surface area (Å²) in [4.78, 5) is 11.1. The first kappa shape index (κ1) is 13.1. The Hall–Kier alpha value is -1.89. The van der Waals surface area contributed by atoms with Gasteiger partial charge in [0.25, 0.3) is 0 Å². The molecule has 0 saturated carbocycles. The topological polar surface area (TPSA) is 79.0 Å². The molecule has 7 heteroatoms. The van der Waals surface area contributed by atoms with Crippen LogP contribution in [0.5, 0.6) is 5.88 Å². The Bertz CT molecular complexity index is 575. The minimum Gasteiger partial charge on any atom is -0.474 e. The summed E-state index contributed by atoms with van der Waals surface area (Å²) in [6, 6.07) is 0. The van der Waals surface area contributed by atoms with E-state index in [4.69, 9.17) is 4.74 Å². The van der Waals surface area contributed by atoms with E-state index in [1.54, 1.807) is 6.20 Å². The Morgan fingerprint density at radius 2 is 2.20 bits per heavy atom. The number of H-pyrrole nitrogens is 1. The summed E-state index contributed by atoms with van der Waals surface area (Å²) >= 11 is 0. The van der Waals surface area contributed by atoms with Crippen molar-refractivity contribution in [1.29, 1.82) is 0 Å². The summed E-state index contributed by atoms with van der Waals surface area (Å²) in [6.07, 6.45) is 3.98. The molecule has 1 fully saturated rings. The summed E-state index contributed by atoms with van der Waals surface area (Å²) in [7, 11) is 2.14. The zero-order valence-corrected chi connectivity index (χ0v) is 11.9. The summed E-state index contributed by atoms with van der Waals surface area (Å²) in [5.41, 5.74) is 0.707. The van der Waals surface area contributed by atoms with Gasteiger partial charge in [-0.25, -0.2) is 0 Å². The van der Waals surface area contributed by atoms with Crippen molar-refractivity contribution in [1.82, 2.24) is 25.1 Å². The first-order valence-electron chi connectivity index (χ1n) is 7.06. The summed E-state index contributed by atoms with van der Waals surface area (Å²) in [5.74, 6) is 1.20. The third-order valence-corrected chi connectivity index (χ3v) is 3.55. The summed E-state index contributed by atoms with van der Waals surface area (Å²) in [6.45, 7) is 4.90. The Kier molecular flexibility index (Phi) is 3.68. The minimum absolute atomic E-state index is 0.216. The molecule has 2 N–H and O–H groups in total. The van der Waals surface area contributed by atoms with Gasteiger partial charge < -0.3 is 15.0 Å². The molecule has 0 bridgehead atoms. The predicted molar refractivity (Wildman–Crippen MR) is 77.0 cm³/mol. The zero-order chi connectivity index (χ0) is 13.9. The van der Waals surface area contributed by atoms with Crippen LogP contribution in [-0.2, 0) is 0 Å². The number of anilines is 1. The van der Waals surface area contributed by atoms with Crippen molar-refractivity contribution in [2.75, 3.05) is 32.0 Å². The Labute approximate surface area is 117 Å². The van der Waals surface area contributed by atoms with Crippen molar-refractivity contribution in [2.45, 2.75) is 25.9 Å². The number of fused-ring (bicyclic) bond motifs is 1. The molecule has 2 aromatic heterocycles. The van der Waals surface area contributed by atoms with Gasteiger partial charge in [0.05, 0.1) is 6.20 Å². The van der Waals surface area contributed by atoms with Gasteiger partial charge in [0.15, 0.2) is 5.65 Å². The van der Waals surface area contributed by atoms with E-state index in [1.165, 1.54) is 0 Å². The highest BCUT2D eigenvalue weighted by molar-refractivity contribution is 5.80. The van der Waals surface area contributed by atoms with E-state index in [-0.39, 0.29) is 6.10 Å². The SMILES string of the molecule is CCNc1nc(OC2CCN(C)CC2)c2cn[nH]c2n1. The number of aromatic amines is 1. The first-order valence-corrected chi connectivity index (χ1v) is 7.06. The summed E-state index contributed by atoms with van der Waals surface area (Å²) in [5, 5.41) is 10.9. The van der Waals surface area contributed by atoms with Crippen molar-refractivity contribution >= 4 is 17.0 Å². The van der Waals surface area contributed by atoms with Crippen LogP contribution < -0.4 is 10.1 Å². The molecule has 7 nitrogen and oxygen atoms in total. The van der Waals surface area contributed by atoms with Crippen molar-refractivity contribution in [3.8, 4) is 5.88 Å². The molecule has 1 aliphatic rings. The fourth-order valence-corrected chi connectivity index (χ4v) is 2.40. The van der Waals surface area contributed by atoms with E-state index in [9.17, 15) is 0 Å². The van der Waals surface area contributed by atoms with Gasteiger partial charge in [-0.2, -0.15) is 15.1 Å². The average molecular weight is 276 g/mol. The van der Waals surface area contributed by atoms with Gasteiger partial charge in [0.1, 0.15) is 11.5 Å². The molecule has 108 valence electrons. The zero-order valence-electron chi connectivity index (χ0n) is 11.9. The largest absolute Gasteiger partial charge is 0.474 e. The number of ether oxygens (including phenoxy) is 1. The smallest absolute Gasteiger partial charge is 0.229 e. The molecule has 1 saturated heterocycles.